The molecule has 1 aliphatic heterocycles. The summed E-state index contributed by atoms with van der Waals surface area (Å²) < 4.78 is 5.29. The highest BCUT2D eigenvalue weighted by molar-refractivity contribution is 8.00. The molecule has 5 nitrogen and oxygen atoms in total. The first kappa shape index (κ1) is 14.8. The Morgan fingerprint density at radius 1 is 1.60 bits per heavy atom. The predicted molar refractivity (Wildman–Crippen MR) is 84.3 cm³/mol. The van der Waals surface area contributed by atoms with E-state index >= 15 is 0 Å². The number of anilines is 1. The Balaban J connectivity index is 2.36. The minimum absolute atomic E-state index is 0.133. The van der Waals surface area contributed by atoms with E-state index in [2.05, 4.69) is 17.0 Å². The Labute approximate surface area is 123 Å². The molecular weight excluding hydrogens is 274 g/mol. The fourth-order valence-electron chi connectivity index (χ4n) is 2.36. The fourth-order valence-corrected chi connectivity index (χ4v) is 3.54. The van der Waals surface area contributed by atoms with E-state index in [4.69, 9.17) is 15.7 Å². The lowest BCUT2D eigenvalue weighted by Crippen LogP contribution is -2.38. The van der Waals surface area contributed by atoms with Crippen molar-refractivity contribution in [3.8, 4) is 5.75 Å². The first-order valence-corrected chi connectivity index (χ1v) is 7.77. The summed E-state index contributed by atoms with van der Waals surface area (Å²) in [4.78, 5) is 2.29. The number of benzene rings is 1. The molecule has 1 aromatic carbocycles. The monoisotopic (exact) mass is 295 g/mol. The molecule has 110 valence electrons. The van der Waals surface area contributed by atoms with Crippen LogP contribution < -0.4 is 15.4 Å². The van der Waals surface area contributed by atoms with Gasteiger partial charge in [-0.1, -0.05) is 12.1 Å². The third kappa shape index (κ3) is 3.12. The first-order valence-electron chi connectivity index (χ1n) is 6.72. The van der Waals surface area contributed by atoms with Crippen LogP contribution in [0.2, 0.25) is 0 Å². The van der Waals surface area contributed by atoms with Gasteiger partial charge < -0.3 is 20.6 Å². The van der Waals surface area contributed by atoms with Gasteiger partial charge in [-0.2, -0.15) is 11.8 Å². The van der Waals surface area contributed by atoms with Gasteiger partial charge in [0.2, 0.25) is 0 Å². The average molecular weight is 295 g/mol. The summed E-state index contributed by atoms with van der Waals surface area (Å²) in [5.41, 5.74) is 7.50. The fraction of sp³-hybridized carbons (Fsp3) is 0.500. The van der Waals surface area contributed by atoms with E-state index in [9.17, 15) is 0 Å². The number of hydrogen-bond donors (Lipinski definition) is 2. The number of hydrogen-bond acceptors (Lipinski definition) is 5. The van der Waals surface area contributed by atoms with Gasteiger partial charge in [-0.3, -0.25) is 0 Å². The SMILES string of the molecule is CCC1CN(c2cc(OC)ccc2/C(N)=N/O)CCS1. The molecule has 1 unspecified atom stereocenters. The van der Waals surface area contributed by atoms with Gasteiger partial charge >= 0.3 is 0 Å². The quantitative estimate of drug-likeness (QED) is 0.385. The Hall–Kier alpha value is -1.56. The third-order valence-corrected chi connectivity index (χ3v) is 4.90. The van der Waals surface area contributed by atoms with Crippen LogP contribution in [0.4, 0.5) is 5.69 Å². The molecule has 1 aromatic rings. The van der Waals surface area contributed by atoms with Crippen molar-refractivity contribution in [2.24, 2.45) is 10.9 Å². The van der Waals surface area contributed by atoms with Crippen LogP contribution in [0.25, 0.3) is 0 Å². The molecular formula is C14H21N3O2S. The molecule has 0 radical (unpaired) electrons. The third-order valence-electron chi connectivity index (χ3n) is 3.52. The Morgan fingerprint density at radius 3 is 3.05 bits per heavy atom. The topological polar surface area (TPSA) is 71.1 Å². The minimum atomic E-state index is 0.133. The maximum absolute atomic E-state index is 8.94. The van der Waals surface area contributed by atoms with Crippen LogP contribution in [-0.4, -0.2) is 42.2 Å². The van der Waals surface area contributed by atoms with Crippen molar-refractivity contribution in [3.05, 3.63) is 23.8 Å². The van der Waals surface area contributed by atoms with Crippen LogP contribution in [0, 0.1) is 0 Å². The normalized spacial score (nSPS) is 20.0. The van der Waals surface area contributed by atoms with Gasteiger partial charge in [-0.25, -0.2) is 0 Å². The van der Waals surface area contributed by atoms with Gasteiger partial charge in [0.25, 0.3) is 0 Å². The van der Waals surface area contributed by atoms with E-state index in [1.54, 1.807) is 7.11 Å². The van der Waals surface area contributed by atoms with E-state index in [1.165, 1.54) is 0 Å². The molecule has 0 aromatic heterocycles. The van der Waals surface area contributed by atoms with Crippen LogP contribution in [0.5, 0.6) is 5.75 Å². The molecule has 0 spiro atoms. The Kier molecular flexibility index (Phi) is 5.00. The standard InChI is InChI=1S/C14H21N3O2S/c1-3-11-9-17(6-7-20-11)13-8-10(19-2)4-5-12(13)14(15)16-18/h4-5,8,11,18H,3,6-7,9H2,1-2H3,(H2,15,16). The molecule has 1 aliphatic rings. The molecule has 3 N–H and O–H groups in total. The second-order valence-corrected chi connectivity index (χ2v) is 6.12. The van der Waals surface area contributed by atoms with Gasteiger partial charge in [0.05, 0.1) is 12.8 Å². The van der Waals surface area contributed by atoms with E-state index in [0.29, 0.717) is 5.25 Å². The Morgan fingerprint density at radius 2 is 2.40 bits per heavy atom. The largest absolute Gasteiger partial charge is 0.497 e. The van der Waals surface area contributed by atoms with Crippen LogP contribution in [0.15, 0.2) is 23.4 Å². The van der Waals surface area contributed by atoms with Crippen LogP contribution in [0.3, 0.4) is 0 Å². The van der Waals surface area contributed by atoms with E-state index < -0.39 is 0 Å². The van der Waals surface area contributed by atoms with Crippen LogP contribution in [-0.2, 0) is 0 Å². The number of nitrogens with two attached hydrogens (primary N) is 1. The van der Waals surface area contributed by atoms with Crippen molar-refractivity contribution < 1.29 is 9.94 Å². The smallest absolute Gasteiger partial charge is 0.172 e. The zero-order valence-electron chi connectivity index (χ0n) is 11.9. The summed E-state index contributed by atoms with van der Waals surface area (Å²) in [5, 5.41) is 12.7. The molecule has 20 heavy (non-hydrogen) atoms. The van der Waals surface area contributed by atoms with E-state index in [-0.39, 0.29) is 5.84 Å². The highest BCUT2D eigenvalue weighted by atomic mass is 32.2. The molecule has 1 heterocycles. The number of methoxy groups -OCH3 is 1. The predicted octanol–water partition coefficient (Wildman–Crippen LogP) is 2.12. The number of rotatable bonds is 4. The average Bonchev–Trinajstić information content (AvgIpc) is 2.53. The maximum Gasteiger partial charge on any atom is 0.172 e. The van der Waals surface area contributed by atoms with Gasteiger partial charge in [0, 0.05) is 35.7 Å². The van der Waals surface area contributed by atoms with E-state index in [0.717, 1.165) is 42.3 Å². The number of oxime groups is 1. The van der Waals surface area contributed by atoms with Gasteiger partial charge in [0.1, 0.15) is 5.75 Å². The summed E-state index contributed by atoms with van der Waals surface area (Å²) in [6.07, 6.45) is 1.14. The Bertz CT molecular complexity index is 493. The lowest BCUT2D eigenvalue weighted by atomic mass is 10.1. The number of amidine groups is 1. The highest BCUT2D eigenvalue weighted by Gasteiger charge is 2.22. The van der Waals surface area contributed by atoms with Crippen molar-refractivity contribution in [2.75, 3.05) is 30.9 Å². The van der Waals surface area contributed by atoms with Crippen LogP contribution in [0.1, 0.15) is 18.9 Å². The van der Waals surface area contributed by atoms with Crippen molar-refractivity contribution in [1.29, 1.82) is 0 Å². The van der Waals surface area contributed by atoms with Gasteiger partial charge in [0.15, 0.2) is 5.84 Å². The van der Waals surface area contributed by atoms with Gasteiger partial charge in [-0.15, -0.1) is 0 Å². The number of thioether (sulfide) groups is 1. The molecule has 0 saturated carbocycles. The summed E-state index contributed by atoms with van der Waals surface area (Å²) in [6, 6.07) is 5.62. The van der Waals surface area contributed by atoms with E-state index in [1.807, 2.05) is 30.0 Å². The summed E-state index contributed by atoms with van der Waals surface area (Å²) in [5.74, 6) is 2.00. The van der Waals surface area contributed by atoms with Crippen molar-refractivity contribution in [3.63, 3.8) is 0 Å². The van der Waals surface area contributed by atoms with Crippen LogP contribution >= 0.6 is 11.8 Å². The zero-order chi connectivity index (χ0) is 14.5. The summed E-state index contributed by atoms with van der Waals surface area (Å²) in [7, 11) is 1.64. The number of ether oxygens (including phenoxy) is 1. The minimum Gasteiger partial charge on any atom is -0.497 e. The second-order valence-electron chi connectivity index (χ2n) is 4.72. The molecule has 1 saturated heterocycles. The number of nitrogens with zero attached hydrogens (tertiary/aromatic N) is 2. The van der Waals surface area contributed by atoms with Crippen molar-refractivity contribution in [1.82, 2.24) is 0 Å². The maximum atomic E-state index is 8.94. The summed E-state index contributed by atoms with van der Waals surface area (Å²) >= 11 is 2.01. The molecule has 2 rings (SSSR count). The van der Waals surface area contributed by atoms with Crippen molar-refractivity contribution in [2.45, 2.75) is 18.6 Å². The molecule has 0 amide bonds. The van der Waals surface area contributed by atoms with Crippen molar-refractivity contribution >= 4 is 23.3 Å². The van der Waals surface area contributed by atoms with Gasteiger partial charge in [-0.05, 0) is 18.6 Å². The second kappa shape index (κ2) is 6.74. The molecule has 6 heteroatoms. The lowest BCUT2D eigenvalue weighted by Gasteiger charge is -2.34. The molecule has 1 fully saturated rings. The molecule has 0 bridgehead atoms. The summed E-state index contributed by atoms with van der Waals surface area (Å²) in [6.45, 7) is 4.14. The molecule has 0 aliphatic carbocycles. The zero-order valence-corrected chi connectivity index (χ0v) is 12.7. The first-order chi connectivity index (χ1) is 9.69. The lowest BCUT2D eigenvalue weighted by molar-refractivity contribution is 0.318. The highest BCUT2D eigenvalue weighted by Crippen LogP contribution is 2.31. The molecule has 1 atom stereocenters.